The minimum Gasteiger partial charge on any atom is -0.369 e. The second-order valence-corrected chi connectivity index (χ2v) is 8.20. The molecule has 0 unspecified atom stereocenters. The lowest BCUT2D eigenvalue weighted by atomic mass is 10.00. The third-order valence-electron chi connectivity index (χ3n) is 5.53. The molecular weight excluding hydrogens is 394 g/mol. The van der Waals surface area contributed by atoms with Crippen LogP contribution < -0.4 is 11.1 Å². The normalized spacial score (nSPS) is 14.6. The molecule has 0 amide bonds. The van der Waals surface area contributed by atoms with Gasteiger partial charge in [0.15, 0.2) is 0 Å². The summed E-state index contributed by atoms with van der Waals surface area (Å²) in [6, 6.07) is 16.2. The van der Waals surface area contributed by atoms with Crippen LogP contribution in [-0.2, 0) is 0 Å². The van der Waals surface area contributed by atoms with Gasteiger partial charge in [-0.25, -0.2) is 4.98 Å². The van der Waals surface area contributed by atoms with Crippen LogP contribution in [0.15, 0.2) is 54.7 Å². The molecule has 0 spiro atoms. The summed E-state index contributed by atoms with van der Waals surface area (Å²) in [6.07, 6.45) is 6.89. The van der Waals surface area contributed by atoms with Gasteiger partial charge in [0, 0.05) is 23.3 Å². The number of nitrogens with two attached hydrogens (primary N) is 1. The van der Waals surface area contributed by atoms with Crippen molar-refractivity contribution >= 4 is 23.4 Å². The van der Waals surface area contributed by atoms with Crippen LogP contribution in [0.1, 0.15) is 25.7 Å². The summed E-state index contributed by atoms with van der Waals surface area (Å²) < 4.78 is 0. The number of hydrogen-bond donors (Lipinski definition) is 2. The first kappa shape index (κ1) is 20.6. The molecule has 3 N–H and O–H groups in total. The van der Waals surface area contributed by atoms with E-state index in [-0.39, 0.29) is 5.95 Å². The maximum Gasteiger partial charge on any atom is 0.221 e. The highest BCUT2D eigenvalue weighted by Gasteiger charge is 2.12. The molecule has 1 saturated heterocycles. The lowest BCUT2D eigenvalue weighted by Crippen LogP contribution is -2.31. The van der Waals surface area contributed by atoms with E-state index in [0.29, 0.717) is 0 Å². The van der Waals surface area contributed by atoms with E-state index in [2.05, 4.69) is 44.5 Å². The minimum absolute atomic E-state index is 0.281. The van der Waals surface area contributed by atoms with Crippen molar-refractivity contribution in [1.29, 1.82) is 0 Å². The molecule has 0 atom stereocenters. The molecule has 2 aromatic carbocycles. The summed E-state index contributed by atoms with van der Waals surface area (Å²) in [5.41, 5.74) is 10.1. The number of nitrogen functional groups attached to an aromatic ring is 1. The van der Waals surface area contributed by atoms with E-state index in [0.717, 1.165) is 52.6 Å². The average molecular weight is 422 g/mol. The molecule has 1 aliphatic rings. The molecule has 0 saturated carbocycles. The zero-order valence-electron chi connectivity index (χ0n) is 17.1. The molecule has 4 rings (SSSR count). The van der Waals surface area contributed by atoms with Crippen molar-refractivity contribution in [3.05, 3.63) is 59.8 Å². The number of nitrogens with zero attached hydrogens (tertiary/aromatic N) is 3. The molecule has 0 aliphatic carbocycles. The Morgan fingerprint density at radius 1 is 0.967 bits per heavy atom. The highest BCUT2D eigenvalue weighted by atomic mass is 35.5. The Morgan fingerprint density at radius 2 is 1.70 bits per heavy atom. The highest BCUT2D eigenvalue weighted by molar-refractivity contribution is 6.30. The first-order chi connectivity index (χ1) is 14.7. The first-order valence-corrected chi connectivity index (χ1v) is 11.0. The number of halogens is 1. The van der Waals surface area contributed by atoms with Gasteiger partial charge in [-0.05, 0) is 73.8 Å². The number of aromatic nitrogens is 2. The van der Waals surface area contributed by atoms with E-state index >= 15 is 0 Å². The summed E-state index contributed by atoms with van der Waals surface area (Å²) >= 11 is 6.17. The van der Waals surface area contributed by atoms with Gasteiger partial charge < -0.3 is 16.0 Å². The fraction of sp³-hybridized carbons (Fsp3) is 0.333. The number of nitrogens with one attached hydrogen (secondary N) is 1. The average Bonchev–Trinajstić information content (AvgIpc) is 2.78. The number of likely N-dealkylation sites (tertiary alicyclic amines) is 1. The molecule has 1 aromatic heterocycles. The maximum absolute atomic E-state index is 6.17. The summed E-state index contributed by atoms with van der Waals surface area (Å²) in [5.74, 6) is 1.06. The van der Waals surface area contributed by atoms with Crippen molar-refractivity contribution < 1.29 is 0 Å². The van der Waals surface area contributed by atoms with Crippen molar-refractivity contribution in [3.8, 4) is 22.3 Å². The van der Waals surface area contributed by atoms with E-state index in [4.69, 9.17) is 17.3 Å². The Labute approximate surface area is 183 Å². The SMILES string of the molecule is Nc1ncc(-c2cccc(-c3cccc(Cl)c3)c2)c(NCCCN2CCCCC2)n1. The second-order valence-electron chi connectivity index (χ2n) is 7.76. The van der Waals surface area contributed by atoms with E-state index in [1.807, 2.05) is 24.3 Å². The second kappa shape index (κ2) is 9.92. The van der Waals surface area contributed by atoms with E-state index in [1.54, 1.807) is 6.20 Å². The van der Waals surface area contributed by atoms with Crippen molar-refractivity contribution in [3.63, 3.8) is 0 Å². The predicted octanol–water partition coefficient (Wildman–Crippen LogP) is 5.33. The molecule has 0 radical (unpaired) electrons. The van der Waals surface area contributed by atoms with Crippen LogP contribution in [0, 0.1) is 0 Å². The Bertz CT molecular complexity index is 985. The maximum atomic E-state index is 6.17. The predicted molar refractivity (Wildman–Crippen MR) is 126 cm³/mol. The third-order valence-corrected chi connectivity index (χ3v) is 5.77. The molecular formula is C24H28ClN5. The fourth-order valence-corrected chi connectivity index (χ4v) is 4.16. The van der Waals surface area contributed by atoms with Gasteiger partial charge in [-0.1, -0.05) is 48.4 Å². The van der Waals surface area contributed by atoms with Crippen molar-refractivity contribution in [2.75, 3.05) is 37.2 Å². The Balaban J connectivity index is 1.49. The number of benzene rings is 2. The van der Waals surface area contributed by atoms with E-state index < -0.39 is 0 Å². The largest absolute Gasteiger partial charge is 0.369 e. The van der Waals surface area contributed by atoms with Crippen LogP contribution in [0.25, 0.3) is 22.3 Å². The van der Waals surface area contributed by atoms with Crippen LogP contribution in [0.5, 0.6) is 0 Å². The summed E-state index contributed by atoms with van der Waals surface area (Å²) in [5, 5.41) is 4.21. The third kappa shape index (κ3) is 5.29. The molecule has 1 aliphatic heterocycles. The Morgan fingerprint density at radius 3 is 2.50 bits per heavy atom. The summed E-state index contributed by atoms with van der Waals surface area (Å²) in [4.78, 5) is 11.3. The van der Waals surface area contributed by atoms with Crippen LogP contribution in [-0.4, -0.2) is 41.0 Å². The van der Waals surface area contributed by atoms with Crippen LogP contribution in [0.3, 0.4) is 0 Å². The van der Waals surface area contributed by atoms with Gasteiger partial charge in [-0.3, -0.25) is 0 Å². The molecule has 156 valence electrons. The zero-order chi connectivity index (χ0) is 20.8. The van der Waals surface area contributed by atoms with E-state index in [9.17, 15) is 0 Å². The van der Waals surface area contributed by atoms with E-state index in [1.165, 1.54) is 32.4 Å². The van der Waals surface area contributed by atoms with Crippen LogP contribution >= 0.6 is 11.6 Å². The van der Waals surface area contributed by atoms with Crippen LogP contribution in [0.4, 0.5) is 11.8 Å². The van der Waals surface area contributed by atoms with Gasteiger partial charge in [-0.2, -0.15) is 4.98 Å². The highest BCUT2D eigenvalue weighted by Crippen LogP contribution is 2.31. The standard InChI is InChI=1S/C24H28ClN5/c25-21-10-5-8-19(16-21)18-7-4-9-20(15-18)22-17-28-24(26)29-23(22)27-11-6-14-30-12-2-1-3-13-30/h4-5,7-10,15-17H,1-3,6,11-14H2,(H3,26,27,28,29). The molecule has 30 heavy (non-hydrogen) atoms. The smallest absolute Gasteiger partial charge is 0.221 e. The number of piperidine rings is 1. The minimum atomic E-state index is 0.281. The number of hydrogen-bond acceptors (Lipinski definition) is 5. The summed E-state index contributed by atoms with van der Waals surface area (Å²) in [6.45, 7) is 4.42. The van der Waals surface area contributed by atoms with Crippen molar-refractivity contribution in [1.82, 2.24) is 14.9 Å². The van der Waals surface area contributed by atoms with Gasteiger partial charge in [0.25, 0.3) is 0 Å². The van der Waals surface area contributed by atoms with Crippen molar-refractivity contribution in [2.45, 2.75) is 25.7 Å². The first-order valence-electron chi connectivity index (χ1n) is 10.6. The van der Waals surface area contributed by atoms with Gasteiger partial charge >= 0.3 is 0 Å². The lowest BCUT2D eigenvalue weighted by molar-refractivity contribution is 0.228. The Hall–Kier alpha value is -2.63. The van der Waals surface area contributed by atoms with Gasteiger partial charge in [0.05, 0.1) is 0 Å². The lowest BCUT2D eigenvalue weighted by Gasteiger charge is -2.26. The van der Waals surface area contributed by atoms with Crippen molar-refractivity contribution in [2.24, 2.45) is 0 Å². The molecule has 1 fully saturated rings. The Kier molecular flexibility index (Phi) is 6.82. The topological polar surface area (TPSA) is 67.1 Å². The van der Waals surface area contributed by atoms with Gasteiger partial charge in [0.2, 0.25) is 5.95 Å². The molecule has 5 nitrogen and oxygen atoms in total. The molecule has 6 heteroatoms. The van der Waals surface area contributed by atoms with Gasteiger partial charge in [0.1, 0.15) is 5.82 Å². The fourth-order valence-electron chi connectivity index (χ4n) is 3.97. The van der Waals surface area contributed by atoms with Crippen LogP contribution in [0.2, 0.25) is 5.02 Å². The number of anilines is 2. The molecule has 0 bridgehead atoms. The number of rotatable bonds is 7. The van der Waals surface area contributed by atoms with Gasteiger partial charge in [-0.15, -0.1) is 0 Å². The zero-order valence-corrected chi connectivity index (χ0v) is 17.9. The quantitative estimate of drug-likeness (QED) is 0.504. The monoisotopic (exact) mass is 421 g/mol. The molecule has 2 heterocycles. The molecule has 3 aromatic rings. The summed E-state index contributed by atoms with van der Waals surface area (Å²) in [7, 11) is 0.